The summed E-state index contributed by atoms with van der Waals surface area (Å²) in [5.41, 5.74) is 0. The maximum Gasteiger partial charge on any atom is 0.154 e. The summed E-state index contributed by atoms with van der Waals surface area (Å²) in [6.07, 6.45) is 4.79. The third-order valence-electron chi connectivity index (χ3n) is 3.74. The lowest BCUT2D eigenvalue weighted by Gasteiger charge is -2.28. The Kier molecular flexibility index (Phi) is 2.84. The molecule has 0 amide bonds. The van der Waals surface area contributed by atoms with Crippen LogP contribution in [0.5, 0.6) is 0 Å². The topological polar surface area (TPSA) is 46.2 Å². The molecule has 2 rings (SSSR count). The van der Waals surface area contributed by atoms with Crippen LogP contribution in [0.25, 0.3) is 0 Å². The highest BCUT2D eigenvalue weighted by molar-refractivity contribution is 7.92. The van der Waals surface area contributed by atoms with Gasteiger partial charge in [0, 0.05) is 6.04 Å². The van der Waals surface area contributed by atoms with Gasteiger partial charge in [-0.3, -0.25) is 0 Å². The second kappa shape index (κ2) is 3.81. The molecule has 2 aliphatic rings. The minimum atomic E-state index is -2.77. The number of hydrogen-bond donors (Lipinski definition) is 1. The number of rotatable bonds is 3. The fraction of sp³-hybridized carbons (Fsp3) is 1.00. The van der Waals surface area contributed by atoms with Gasteiger partial charge in [0.15, 0.2) is 9.84 Å². The normalized spacial score (nSPS) is 36.9. The van der Waals surface area contributed by atoms with Crippen LogP contribution in [0.15, 0.2) is 0 Å². The maximum absolute atomic E-state index is 11.5. The van der Waals surface area contributed by atoms with Gasteiger partial charge in [-0.15, -0.1) is 0 Å². The molecule has 0 spiro atoms. The standard InChI is InChI=1S/C10H19NO2S/c1-8-10(5-6-14(8,12)13)11-7-9-3-2-4-9/h8-11H,2-7H2,1H3. The van der Waals surface area contributed by atoms with Gasteiger partial charge in [0.1, 0.15) is 0 Å². The summed E-state index contributed by atoms with van der Waals surface area (Å²) in [4.78, 5) is 0. The molecule has 3 nitrogen and oxygen atoms in total. The van der Waals surface area contributed by atoms with Crippen molar-refractivity contribution in [2.75, 3.05) is 12.3 Å². The zero-order chi connectivity index (χ0) is 10.2. The Hall–Kier alpha value is -0.0900. The van der Waals surface area contributed by atoms with Crippen molar-refractivity contribution >= 4 is 9.84 Å². The van der Waals surface area contributed by atoms with Gasteiger partial charge >= 0.3 is 0 Å². The molecule has 0 radical (unpaired) electrons. The van der Waals surface area contributed by atoms with E-state index in [9.17, 15) is 8.42 Å². The van der Waals surface area contributed by atoms with E-state index in [-0.39, 0.29) is 11.3 Å². The summed E-state index contributed by atoms with van der Waals surface area (Å²) in [7, 11) is -2.77. The van der Waals surface area contributed by atoms with Crippen LogP contribution in [0.4, 0.5) is 0 Å². The third-order valence-corrected chi connectivity index (χ3v) is 6.01. The Bertz CT molecular complexity index is 295. The van der Waals surface area contributed by atoms with Gasteiger partial charge in [-0.05, 0) is 38.6 Å². The van der Waals surface area contributed by atoms with Gasteiger partial charge in [0.2, 0.25) is 0 Å². The molecule has 0 bridgehead atoms. The van der Waals surface area contributed by atoms with Crippen LogP contribution < -0.4 is 5.32 Å². The number of hydrogen-bond acceptors (Lipinski definition) is 3. The van der Waals surface area contributed by atoms with Gasteiger partial charge in [0.05, 0.1) is 11.0 Å². The summed E-state index contributed by atoms with van der Waals surface area (Å²) in [5, 5.41) is 3.23. The van der Waals surface area contributed by atoms with Gasteiger partial charge in [-0.2, -0.15) is 0 Å². The predicted molar refractivity (Wildman–Crippen MR) is 57.0 cm³/mol. The molecule has 0 aromatic heterocycles. The van der Waals surface area contributed by atoms with Gasteiger partial charge < -0.3 is 5.32 Å². The summed E-state index contributed by atoms with van der Waals surface area (Å²) < 4.78 is 22.9. The van der Waals surface area contributed by atoms with Crippen LogP contribution in [0, 0.1) is 5.92 Å². The minimum absolute atomic E-state index is 0.178. The lowest BCUT2D eigenvalue weighted by Crippen LogP contribution is -2.40. The molecular weight excluding hydrogens is 198 g/mol. The van der Waals surface area contributed by atoms with E-state index in [2.05, 4.69) is 5.32 Å². The van der Waals surface area contributed by atoms with E-state index in [4.69, 9.17) is 0 Å². The highest BCUT2D eigenvalue weighted by atomic mass is 32.2. The first-order valence-corrected chi connectivity index (χ1v) is 7.26. The number of sulfone groups is 1. The lowest BCUT2D eigenvalue weighted by molar-refractivity contribution is 0.288. The highest BCUT2D eigenvalue weighted by Gasteiger charge is 2.36. The maximum atomic E-state index is 11.5. The average molecular weight is 217 g/mol. The smallest absolute Gasteiger partial charge is 0.154 e. The van der Waals surface area contributed by atoms with Crippen molar-refractivity contribution < 1.29 is 8.42 Å². The van der Waals surface area contributed by atoms with E-state index >= 15 is 0 Å². The quantitative estimate of drug-likeness (QED) is 0.765. The van der Waals surface area contributed by atoms with Crippen LogP contribution in [0.2, 0.25) is 0 Å². The molecule has 0 aromatic rings. The zero-order valence-electron chi connectivity index (χ0n) is 8.70. The molecule has 1 N–H and O–H groups in total. The summed E-state index contributed by atoms with van der Waals surface area (Å²) in [5.74, 6) is 1.18. The van der Waals surface area contributed by atoms with E-state index < -0.39 is 9.84 Å². The first-order valence-electron chi connectivity index (χ1n) is 5.54. The van der Waals surface area contributed by atoms with E-state index in [1.807, 2.05) is 6.92 Å². The van der Waals surface area contributed by atoms with Crippen LogP contribution >= 0.6 is 0 Å². The Morgan fingerprint density at radius 2 is 2.00 bits per heavy atom. The van der Waals surface area contributed by atoms with Crippen LogP contribution in [0.3, 0.4) is 0 Å². The van der Waals surface area contributed by atoms with Crippen molar-refractivity contribution in [1.82, 2.24) is 5.32 Å². The van der Waals surface area contributed by atoms with E-state index in [1.165, 1.54) is 19.3 Å². The summed E-state index contributed by atoms with van der Waals surface area (Å²) >= 11 is 0. The Morgan fingerprint density at radius 3 is 2.43 bits per heavy atom. The van der Waals surface area contributed by atoms with E-state index in [0.717, 1.165) is 18.9 Å². The second-order valence-electron chi connectivity index (χ2n) is 4.67. The van der Waals surface area contributed by atoms with Crippen molar-refractivity contribution in [3.63, 3.8) is 0 Å². The average Bonchev–Trinajstić information content (AvgIpc) is 2.28. The molecule has 2 unspecified atom stereocenters. The first-order chi connectivity index (χ1) is 6.59. The molecule has 14 heavy (non-hydrogen) atoms. The first kappa shape index (κ1) is 10.4. The Labute approximate surface area is 86.2 Å². The molecule has 4 heteroatoms. The van der Waals surface area contributed by atoms with E-state index in [1.54, 1.807) is 0 Å². The van der Waals surface area contributed by atoms with Crippen molar-refractivity contribution in [3.8, 4) is 0 Å². The molecule has 1 aliphatic heterocycles. The number of nitrogens with one attached hydrogen (secondary N) is 1. The molecule has 82 valence electrons. The van der Waals surface area contributed by atoms with Gasteiger partial charge in [-0.25, -0.2) is 8.42 Å². The summed E-state index contributed by atoms with van der Waals surface area (Å²) in [6.45, 7) is 2.85. The lowest BCUT2D eigenvalue weighted by atomic mass is 9.85. The van der Waals surface area contributed by atoms with Crippen molar-refractivity contribution in [2.24, 2.45) is 5.92 Å². The summed E-state index contributed by atoms with van der Waals surface area (Å²) in [6, 6.07) is 0.209. The second-order valence-corrected chi connectivity index (χ2v) is 7.15. The zero-order valence-corrected chi connectivity index (χ0v) is 9.52. The van der Waals surface area contributed by atoms with Crippen molar-refractivity contribution in [2.45, 2.75) is 43.9 Å². The SMILES string of the molecule is CC1C(NCC2CCC2)CCS1(=O)=O. The molecule has 1 saturated heterocycles. The molecule has 1 saturated carbocycles. The largest absolute Gasteiger partial charge is 0.312 e. The Balaban J connectivity index is 1.81. The Morgan fingerprint density at radius 1 is 1.29 bits per heavy atom. The predicted octanol–water partition coefficient (Wildman–Crippen LogP) is 0.952. The molecule has 2 fully saturated rings. The fourth-order valence-corrected chi connectivity index (χ4v) is 3.93. The molecular formula is C10H19NO2S. The molecule has 0 aromatic carbocycles. The molecule has 1 aliphatic carbocycles. The molecule has 1 heterocycles. The van der Waals surface area contributed by atoms with E-state index in [0.29, 0.717) is 5.75 Å². The van der Waals surface area contributed by atoms with Crippen LogP contribution in [-0.2, 0) is 9.84 Å². The monoisotopic (exact) mass is 217 g/mol. The van der Waals surface area contributed by atoms with Crippen molar-refractivity contribution in [3.05, 3.63) is 0 Å². The van der Waals surface area contributed by atoms with Crippen LogP contribution in [0.1, 0.15) is 32.6 Å². The third kappa shape index (κ3) is 1.96. The highest BCUT2D eigenvalue weighted by Crippen LogP contribution is 2.26. The van der Waals surface area contributed by atoms with Crippen LogP contribution in [-0.4, -0.2) is 32.0 Å². The minimum Gasteiger partial charge on any atom is -0.312 e. The van der Waals surface area contributed by atoms with Crippen molar-refractivity contribution in [1.29, 1.82) is 0 Å². The molecule has 2 atom stereocenters. The van der Waals surface area contributed by atoms with Gasteiger partial charge in [0.25, 0.3) is 0 Å². The fourth-order valence-electron chi connectivity index (χ4n) is 2.25. The van der Waals surface area contributed by atoms with Gasteiger partial charge in [-0.1, -0.05) is 6.42 Å².